The van der Waals surface area contributed by atoms with E-state index in [1.807, 2.05) is 0 Å². The number of nitrogens with one attached hydrogen (secondary N) is 1. The molecule has 110 valence electrons. The van der Waals surface area contributed by atoms with Gasteiger partial charge in [0.2, 0.25) is 0 Å². The molecule has 0 aliphatic heterocycles. The number of aryl methyl sites for hydroxylation is 2. The molecule has 1 aromatic heterocycles. The fourth-order valence-corrected chi connectivity index (χ4v) is 2.63. The molecule has 2 aromatic rings. The first kappa shape index (κ1) is 15.1. The zero-order chi connectivity index (χ0) is 15.6. The lowest BCUT2D eigenvalue weighted by Gasteiger charge is -2.05. The average Bonchev–Trinajstić information content (AvgIpc) is 2.80. The Labute approximate surface area is 124 Å². The number of halogens is 1. The smallest absolute Gasteiger partial charge is 0.347 e. The van der Waals surface area contributed by atoms with Gasteiger partial charge in [-0.2, -0.15) is 0 Å². The highest BCUT2D eigenvalue weighted by Crippen LogP contribution is 2.18. The van der Waals surface area contributed by atoms with Gasteiger partial charge in [0.25, 0.3) is 5.91 Å². The van der Waals surface area contributed by atoms with Crippen molar-refractivity contribution in [3.05, 3.63) is 50.7 Å². The van der Waals surface area contributed by atoms with E-state index in [2.05, 4.69) is 10.3 Å². The van der Waals surface area contributed by atoms with Gasteiger partial charge in [0.1, 0.15) is 15.7 Å². The number of thiazole rings is 1. The SMILES string of the molecule is Cc1ccc(F)c(C(=O)NCc2nc(C)c(C(=O)O)s2)c1. The number of amides is 1. The summed E-state index contributed by atoms with van der Waals surface area (Å²) < 4.78 is 13.6. The van der Waals surface area contributed by atoms with E-state index in [4.69, 9.17) is 5.11 Å². The fraction of sp³-hybridized carbons (Fsp3) is 0.214. The highest BCUT2D eigenvalue weighted by atomic mass is 32.1. The Balaban J connectivity index is 2.09. The molecule has 5 nitrogen and oxygen atoms in total. The van der Waals surface area contributed by atoms with Crippen LogP contribution in [0.15, 0.2) is 18.2 Å². The molecule has 2 rings (SSSR count). The van der Waals surface area contributed by atoms with Crippen molar-refractivity contribution in [3.63, 3.8) is 0 Å². The third-order valence-electron chi connectivity index (χ3n) is 2.80. The quantitative estimate of drug-likeness (QED) is 0.909. The van der Waals surface area contributed by atoms with E-state index in [1.165, 1.54) is 12.1 Å². The van der Waals surface area contributed by atoms with Crippen molar-refractivity contribution >= 4 is 23.2 Å². The largest absolute Gasteiger partial charge is 0.477 e. The molecule has 0 spiro atoms. The van der Waals surface area contributed by atoms with Crippen molar-refractivity contribution in [2.24, 2.45) is 0 Å². The maximum absolute atomic E-state index is 13.6. The van der Waals surface area contributed by atoms with E-state index in [0.717, 1.165) is 16.9 Å². The fourth-order valence-electron chi connectivity index (χ4n) is 1.79. The van der Waals surface area contributed by atoms with E-state index in [1.54, 1.807) is 19.9 Å². The van der Waals surface area contributed by atoms with Crippen LogP contribution in [0.5, 0.6) is 0 Å². The van der Waals surface area contributed by atoms with E-state index in [-0.39, 0.29) is 17.0 Å². The second-order valence-corrected chi connectivity index (χ2v) is 5.58. The van der Waals surface area contributed by atoms with E-state index in [9.17, 15) is 14.0 Å². The molecule has 1 aromatic carbocycles. The zero-order valence-electron chi connectivity index (χ0n) is 11.4. The van der Waals surface area contributed by atoms with Crippen molar-refractivity contribution in [2.45, 2.75) is 20.4 Å². The molecule has 0 fully saturated rings. The third-order valence-corrected chi connectivity index (χ3v) is 3.95. The number of carboxylic acids is 1. The van der Waals surface area contributed by atoms with Gasteiger partial charge in [-0.15, -0.1) is 11.3 Å². The van der Waals surface area contributed by atoms with Gasteiger partial charge in [0.05, 0.1) is 17.8 Å². The Bertz CT molecular complexity index is 712. The van der Waals surface area contributed by atoms with Gasteiger partial charge in [-0.25, -0.2) is 14.2 Å². The summed E-state index contributed by atoms with van der Waals surface area (Å²) in [7, 11) is 0. The van der Waals surface area contributed by atoms with Crippen molar-refractivity contribution in [3.8, 4) is 0 Å². The summed E-state index contributed by atoms with van der Waals surface area (Å²) in [5, 5.41) is 11.9. The Morgan fingerprint density at radius 2 is 2.10 bits per heavy atom. The van der Waals surface area contributed by atoms with Gasteiger partial charge < -0.3 is 10.4 Å². The van der Waals surface area contributed by atoms with E-state index in [0.29, 0.717) is 10.7 Å². The molecule has 0 aliphatic rings. The van der Waals surface area contributed by atoms with Gasteiger partial charge in [-0.05, 0) is 26.0 Å². The molecule has 0 unspecified atom stereocenters. The summed E-state index contributed by atoms with van der Waals surface area (Å²) in [6, 6.07) is 4.27. The summed E-state index contributed by atoms with van der Waals surface area (Å²) in [5.74, 6) is -2.20. The molecule has 7 heteroatoms. The minimum atomic E-state index is -1.05. The number of nitrogens with zero attached hydrogens (tertiary/aromatic N) is 1. The standard InChI is InChI=1S/C14H13FN2O3S/c1-7-3-4-10(15)9(5-7)13(18)16-6-11-17-8(2)12(21-11)14(19)20/h3-5H,6H2,1-2H3,(H,16,18)(H,19,20). The lowest BCUT2D eigenvalue weighted by molar-refractivity contribution is 0.0701. The first-order valence-corrected chi connectivity index (χ1v) is 6.94. The second-order valence-electron chi connectivity index (χ2n) is 4.49. The lowest BCUT2D eigenvalue weighted by atomic mass is 10.1. The minimum Gasteiger partial charge on any atom is -0.477 e. The van der Waals surface area contributed by atoms with Crippen LogP contribution in [-0.4, -0.2) is 22.0 Å². The highest BCUT2D eigenvalue weighted by Gasteiger charge is 2.16. The van der Waals surface area contributed by atoms with Crippen LogP contribution < -0.4 is 5.32 Å². The van der Waals surface area contributed by atoms with E-state index < -0.39 is 17.7 Å². The normalized spacial score (nSPS) is 10.4. The number of carbonyl (C=O) groups excluding carboxylic acids is 1. The molecular formula is C14H13FN2O3S. The van der Waals surface area contributed by atoms with Gasteiger partial charge in [0, 0.05) is 0 Å². The lowest BCUT2D eigenvalue weighted by Crippen LogP contribution is -2.23. The molecule has 0 saturated heterocycles. The van der Waals surface area contributed by atoms with E-state index >= 15 is 0 Å². The molecule has 2 N–H and O–H groups in total. The molecular weight excluding hydrogens is 295 g/mol. The van der Waals surface area contributed by atoms with Crippen LogP contribution in [0.3, 0.4) is 0 Å². The third kappa shape index (κ3) is 3.43. The number of benzene rings is 1. The topological polar surface area (TPSA) is 79.3 Å². The van der Waals surface area contributed by atoms with Crippen LogP contribution in [-0.2, 0) is 6.54 Å². The predicted octanol–water partition coefficient (Wildman–Crippen LogP) is 2.53. The van der Waals surface area contributed by atoms with Crippen LogP contribution in [0.2, 0.25) is 0 Å². The van der Waals surface area contributed by atoms with Crippen LogP contribution in [0.25, 0.3) is 0 Å². The molecule has 0 saturated carbocycles. The number of carbonyl (C=O) groups is 2. The number of aromatic nitrogens is 1. The number of hydrogen-bond acceptors (Lipinski definition) is 4. The summed E-state index contributed by atoms with van der Waals surface area (Å²) in [6.45, 7) is 3.41. The van der Waals surface area contributed by atoms with Crippen molar-refractivity contribution in [1.82, 2.24) is 10.3 Å². The van der Waals surface area contributed by atoms with Gasteiger partial charge in [0.15, 0.2) is 0 Å². The molecule has 1 heterocycles. The van der Waals surface area contributed by atoms with Gasteiger partial charge in [-0.3, -0.25) is 4.79 Å². The van der Waals surface area contributed by atoms with Crippen LogP contribution in [0.4, 0.5) is 4.39 Å². The number of carboxylic acid groups (broad SMARTS) is 1. The first-order chi connectivity index (χ1) is 9.88. The van der Waals surface area contributed by atoms with Crippen LogP contribution in [0.1, 0.15) is 36.3 Å². The number of aromatic carboxylic acids is 1. The van der Waals surface area contributed by atoms with Crippen LogP contribution >= 0.6 is 11.3 Å². The molecule has 21 heavy (non-hydrogen) atoms. The molecule has 0 bridgehead atoms. The first-order valence-electron chi connectivity index (χ1n) is 6.12. The van der Waals surface area contributed by atoms with Crippen LogP contribution in [0, 0.1) is 19.7 Å². The Morgan fingerprint density at radius 1 is 1.38 bits per heavy atom. The minimum absolute atomic E-state index is 0.0401. The van der Waals surface area contributed by atoms with Crippen molar-refractivity contribution in [1.29, 1.82) is 0 Å². The maximum atomic E-state index is 13.6. The number of hydrogen-bond donors (Lipinski definition) is 2. The molecule has 0 atom stereocenters. The molecule has 0 aliphatic carbocycles. The molecule has 1 amide bonds. The Morgan fingerprint density at radius 3 is 2.71 bits per heavy atom. The second kappa shape index (κ2) is 6.01. The van der Waals surface area contributed by atoms with Gasteiger partial charge in [-0.1, -0.05) is 11.6 Å². The summed E-state index contributed by atoms with van der Waals surface area (Å²) in [5.41, 5.74) is 1.14. The van der Waals surface area contributed by atoms with Crippen molar-refractivity contribution < 1.29 is 19.1 Å². The highest BCUT2D eigenvalue weighted by molar-refractivity contribution is 7.13. The summed E-state index contributed by atoms with van der Waals surface area (Å²) in [4.78, 5) is 27.0. The molecule has 0 radical (unpaired) electrons. The summed E-state index contributed by atoms with van der Waals surface area (Å²) in [6.07, 6.45) is 0. The van der Waals surface area contributed by atoms with Crippen molar-refractivity contribution in [2.75, 3.05) is 0 Å². The monoisotopic (exact) mass is 308 g/mol. The average molecular weight is 308 g/mol. The Hall–Kier alpha value is -2.28. The van der Waals surface area contributed by atoms with Gasteiger partial charge >= 0.3 is 5.97 Å². The zero-order valence-corrected chi connectivity index (χ0v) is 12.3. The predicted molar refractivity (Wildman–Crippen MR) is 76.1 cm³/mol. The maximum Gasteiger partial charge on any atom is 0.347 e. The Kier molecular flexibility index (Phi) is 4.32. The number of rotatable bonds is 4. The summed E-state index contributed by atoms with van der Waals surface area (Å²) >= 11 is 0.993.